The smallest absolute Gasteiger partial charge is 0.253 e. The Kier molecular flexibility index (Phi) is 12.3. The van der Waals surface area contributed by atoms with Crippen LogP contribution in [0.15, 0.2) is 60.7 Å². The number of amides is 1. The van der Waals surface area contributed by atoms with E-state index in [9.17, 15) is 19.2 Å². The molecule has 0 aromatic heterocycles. The van der Waals surface area contributed by atoms with Gasteiger partial charge < -0.3 is 20.9 Å². The van der Waals surface area contributed by atoms with E-state index in [1.165, 1.54) is 0 Å². The molecule has 35 heavy (non-hydrogen) atoms. The van der Waals surface area contributed by atoms with Gasteiger partial charge in [-0.25, -0.2) is 0 Å². The number of carbonyl (C=O) groups is 4. The van der Waals surface area contributed by atoms with Crippen LogP contribution in [0.1, 0.15) is 34.6 Å². The van der Waals surface area contributed by atoms with Gasteiger partial charge in [0.1, 0.15) is 11.6 Å². The molecule has 0 bridgehead atoms. The Hall–Kier alpha value is -2.91. The van der Waals surface area contributed by atoms with Gasteiger partial charge in [-0.2, -0.15) is 0 Å². The highest BCUT2D eigenvalue weighted by Gasteiger charge is 2.26. The number of halogens is 1. The Balaban J connectivity index is 0.000000203. The van der Waals surface area contributed by atoms with Crippen LogP contribution in [0.25, 0.3) is 0 Å². The van der Waals surface area contributed by atoms with Gasteiger partial charge in [-0.15, -0.1) is 0 Å². The van der Waals surface area contributed by atoms with Crippen LogP contribution in [0.3, 0.4) is 0 Å². The molecule has 188 valence electrons. The monoisotopic (exact) mass is 500 g/mol. The first-order chi connectivity index (χ1) is 16.8. The molecule has 8 nitrogen and oxygen atoms in total. The average Bonchev–Trinajstić information content (AvgIpc) is 2.90. The number of rotatable bonds is 4. The number of hydrogen-bond acceptors (Lipinski definition) is 7. The fourth-order valence-electron chi connectivity index (χ4n) is 3.48. The third-order valence-electron chi connectivity index (χ3n) is 5.51. The highest BCUT2D eigenvalue weighted by molar-refractivity contribution is 6.67. The minimum Gasteiger partial charge on any atom is -0.335 e. The van der Waals surface area contributed by atoms with Gasteiger partial charge in [0.05, 0.1) is 12.1 Å². The van der Waals surface area contributed by atoms with Gasteiger partial charge in [0.2, 0.25) is 0 Å². The Morgan fingerprint density at radius 2 is 1.31 bits per heavy atom. The topological polar surface area (TPSA) is 108 Å². The number of benzene rings is 2. The van der Waals surface area contributed by atoms with Crippen molar-refractivity contribution < 1.29 is 19.2 Å². The van der Waals surface area contributed by atoms with Gasteiger partial charge in [0.25, 0.3) is 11.1 Å². The average molecular weight is 501 g/mol. The van der Waals surface area contributed by atoms with Gasteiger partial charge >= 0.3 is 0 Å². The second-order valence-electron chi connectivity index (χ2n) is 8.20. The molecule has 4 rings (SSSR count). The molecule has 2 unspecified atom stereocenters. The van der Waals surface area contributed by atoms with Crippen LogP contribution in [0.5, 0.6) is 0 Å². The summed E-state index contributed by atoms with van der Waals surface area (Å²) in [5.41, 5.74) is 1.22. The maximum absolute atomic E-state index is 12.2. The number of carbonyl (C=O) groups excluding carboxylic acids is 4. The molecule has 2 fully saturated rings. The summed E-state index contributed by atoms with van der Waals surface area (Å²) in [6, 6.07) is 17.7. The van der Waals surface area contributed by atoms with E-state index in [1.807, 2.05) is 24.3 Å². The first-order valence-electron chi connectivity index (χ1n) is 11.6. The minimum atomic E-state index is -0.407. The largest absolute Gasteiger partial charge is 0.335 e. The number of Topliss-reactive ketones (excluding diaryl/α,β-unsaturated/α-hetero) is 2. The second-order valence-corrected chi connectivity index (χ2v) is 8.54. The summed E-state index contributed by atoms with van der Waals surface area (Å²) in [6.07, 6.45) is 0. The molecule has 2 saturated heterocycles. The van der Waals surface area contributed by atoms with E-state index in [0.717, 1.165) is 19.6 Å². The zero-order chi connectivity index (χ0) is 25.6. The minimum absolute atomic E-state index is 0.00153. The van der Waals surface area contributed by atoms with Crippen LogP contribution >= 0.6 is 11.6 Å². The van der Waals surface area contributed by atoms with Crippen molar-refractivity contribution in [2.75, 3.05) is 39.3 Å². The highest BCUT2D eigenvalue weighted by atomic mass is 35.5. The Morgan fingerprint density at radius 3 is 1.74 bits per heavy atom. The molecule has 2 aliphatic rings. The predicted octanol–water partition coefficient (Wildman–Crippen LogP) is 1.89. The first-order valence-corrected chi connectivity index (χ1v) is 11.9. The van der Waals surface area contributed by atoms with E-state index in [-0.39, 0.29) is 29.6 Å². The summed E-state index contributed by atoms with van der Waals surface area (Å²) < 4.78 is 0. The van der Waals surface area contributed by atoms with Crippen LogP contribution in [-0.2, 0) is 9.59 Å². The summed E-state index contributed by atoms with van der Waals surface area (Å²) in [6.45, 7) is 7.62. The molecule has 9 heteroatoms. The normalized spacial score (nSPS) is 19.2. The lowest BCUT2D eigenvalue weighted by molar-refractivity contribution is -0.120. The van der Waals surface area contributed by atoms with Crippen LogP contribution in [0.4, 0.5) is 0 Å². The predicted molar refractivity (Wildman–Crippen MR) is 137 cm³/mol. The van der Waals surface area contributed by atoms with Gasteiger partial charge in [-0.3, -0.25) is 19.2 Å². The standard InChI is InChI=1S/C13H16N2O2.C7H5ClO.C6H12N2O/c1-10(16)12-9-15(8-7-14-12)13(17)11-5-3-2-4-6-11;8-7(9)6-4-2-1-3-5-6;1-5(9)6-4-7-2-3-8-6/h2-6,12,14H,7-9H2,1H3;1-5H;6-8H,2-4H2,1H3. The van der Waals surface area contributed by atoms with E-state index in [2.05, 4.69) is 16.0 Å². The molecule has 0 saturated carbocycles. The van der Waals surface area contributed by atoms with Crippen molar-refractivity contribution in [2.24, 2.45) is 0 Å². The first kappa shape index (κ1) is 28.3. The number of ketones is 2. The third kappa shape index (κ3) is 10.1. The lowest BCUT2D eigenvalue weighted by atomic mass is 10.1. The van der Waals surface area contributed by atoms with E-state index in [4.69, 9.17) is 11.6 Å². The van der Waals surface area contributed by atoms with Crippen molar-refractivity contribution in [1.29, 1.82) is 0 Å². The lowest BCUT2D eigenvalue weighted by Gasteiger charge is -2.32. The summed E-state index contributed by atoms with van der Waals surface area (Å²) in [5, 5.41) is 8.94. The molecule has 1 amide bonds. The number of hydrogen-bond donors (Lipinski definition) is 3. The number of piperazine rings is 2. The number of nitrogens with one attached hydrogen (secondary N) is 3. The van der Waals surface area contributed by atoms with Crippen molar-refractivity contribution >= 4 is 34.3 Å². The lowest BCUT2D eigenvalue weighted by Crippen LogP contribution is -2.55. The van der Waals surface area contributed by atoms with Gasteiger partial charge in [0.15, 0.2) is 0 Å². The van der Waals surface area contributed by atoms with Crippen LogP contribution in [-0.4, -0.2) is 79.0 Å². The maximum Gasteiger partial charge on any atom is 0.253 e. The van der Waals surface area contributed by atoms with Gasteiger partial charge in [-0.1, -0.05) is 48.5 Å². The van der Waals surface area contributed by atoms with E-state index >= 15 is 0 Å². The molecule has 2 heterocycles. The summed E-state index contributed by atoms with van der Waals surface area (Å²) in [4.78, 5) is 46.3. The summed E-state index contributed by atoms with van der Waals surface area (Å²) >= 11 is 5.16. The zero-order valence-electron chi connectivity index (χ0n) is 20.1. The second kappa shape index (κ2) is 15.2. The fraction of sp³-hybridized carbons (Fsp3) is 0.385. The third-order valence-corrected chi connectivity index (χ3v) is 5.72. The molecule has 3 N–H and O–H groups in total. The molecule has 2 aliphatic heterocycles. The van der Waals surface area contributed by atoms with Gasteiger partial charge in [-0.05, 0) is 37.6 Å². The Morgan fingerprint density at radius 1 is 0.771 bits per heavy atom. The van der Waals surface area contributed by atoms with Crippen LogP contribution in [0.2, 0.25) is 0 Å². The van der Waals surface area contributed by atoms with E-state index < -0.39 is 5.24 Å². The maximum atomic E-state index is 12.2. The van der Waals surface area contributed by atoms with Crippen molar-refractivity contribution in [3.8, 4) is 0 Å². The van der Waals surface area contributed by atoms with E-state index in [0.29, 0.717) is 30.8 Å². The van der Waals surface area contributed by atoms with Gasteiger partial charge in [0, 0.05) is 50.4 Å². The van der Waals surface area contributed by atoms with Crippen molar-refractivity contribution in [3.05, 3.63) is 71.8 Å². The highest BCUT2D eigenvalue weighted by Crippen LogP contribution is 2.08. The van der Waals surface area contributed by atoms with Crippen molar-refractivity contribution in [3.63, 3.8) is 0 Å². The Bertz CT molecular complexity index is 966. The van der Waals surface area contributed by atoms with E-state index in [1.54, 1.807) is 55.1 Å². The molecule has 2 aromatic rings. The van der Waals surface area contributed by atoms with Crippen LogP contribution in [0, 0.1) is 0 Å². The SMILES string of the molecule is CC(=O)C1CN(C(=O)c2ccccc2)CCN1.CC(=O)C1CNCCN1.O=C(Cl)c1ccccc1. The molecule has 2 atom stereocenters. The summed E-state index contributed by atoms with van der Waals surface area (Å²) in [5.74, 6) is 0.302. The molecular formula is C26H33ClN4O4. The number of nitrogens with zero attached hydrogens (tertiary/aromatic N) is 1. The molecule has 0 aliphatic carbocycles. The molecule has 0 spiro atoms. The molecule has 0 radical (unpaired) electrons. The summed E-state index contributed by atoms with van der Waals surface area (Å²) in [7, 11) is 0. The van der Waals surface area contributed by atoms with Crippen LogP contribution < -0.4 is 16.0 Å². The zero-order valence-corrected chi connectivity index (χ0v) is 20.9. The molecular weight excluding hydrogens is 468 g/mol. The Labute approximate surface area is 211 Å². The van der Waals surface area contributed by atoms with Crippen molar-refractivity contribution in [1.82, 2.24) is 20.9 Å². The molecule has 2 aromatic carbocycles. The fourth-order valence-corrected chi connectivity index (χ4v) is 3.61. The van der Waals surface area contributed by atoms with Crippen molar-refractivity contribution in [2.45, 2.75) is 25.9 Å². The quantitative estimate of drug-likeness (QED) is 0.550.